The summed E-state index contributed by atoms with van der Waals surface area (Å²) in [7, 11) is 0. The fraction of sp³-hybridized carbons (Fsp3) is 0.889. The number of nitrogens with one attached hydrogen (secondary N) is 1. The maximum Gasteiger partial charge on any atom is 0.407 e. The van der Waals surface area contributed by atoms with E-state index in [-0.39, 0.29) is 24.3 Å². The molecule has 0 spiro atoms. The second-order valence-electron chi connectivity index (χ2n) is 3.87. The molecule has 1 amide bonds. The molecule has 0 aromatic carbocycles. The molecular weight excluding hydrogens is 184 g/mol. The maximum atomic E-state index is 10.7. The summed E-state index contributed by atoms with van der Waals surface area (Å²) in [6, 6.07) is 0.153. The van der Waals surface area contributed by atoms with Crippen LogP contribution in [-0.4, -0.2) is 37.5 Å². The van der Waals surface area contributed by atoms with E-state index < -0.39 is 0 Å². The first-order valence-corrected chi connectivity index (χ1v) is 5.07. The number of amides is 1. The number of carbonyl (C=O) groups is 1. The highest BCUT2D eigenvalue weighted by Crippen LogP contribution is 2.20. The van der Waals surface area contributed by atoms with Gasteiger partial charge in [-0.2, -0.15) is 0 Å². The largest absolute Gasteiger partial charge is 0.442 e. The van der Waals surface area contributed by atoms with E-state index >= 15 is 0 Å². The number of nitrogens with two attached hydrogens (primary N) is 1. The summed E-state index contributed by atoms with van der Waals surface area (Å²) < 4.78 is 10.5. The van der Waals surface area contributed by atoms with Crippen molar-refractivity contribution in [2.75, 3.05) is 13.2 Å². The minimum Gasteiger partial charge on any atom is -0.442 e. The van der Waals surface area contributed by atoms with E-state index in [2.05, 4.69) is 5.32 Å². The first kappa shape index (κ1) is 9.73. The van der Waals surface area contributed by atoms with Gasteiger partial charge in [0, 0.05) is 6.04 Å². The van der Waals surface area contributed by atoms with Crippen LogP contribution in [0.5, 0.6) is 0 Å². The summed E-state index contributed by atoms with van der Waals surface area (Å²) in [6.07, 6.45) is 2.84. The standard InChI is InChI=1S/C9H16N2O3/c10-7-2-1-3-8(7)13-5-6-4-11-9(12)14-6/h6-8H,1-5,10H2,(H,11,12). The first-order chi connectivity index (χ1) is 6.75. The number of hydrogen-bond acceptors (Lipinski definition) is 4. The van der Waals surface area contributed by atoms with Gasteiger partial charge in [0.25, 0.3) is 0 Å². The Morgan fingerprint density at radius 1 is 1.57 bits per heavy atom. The summed E-state index contributed by atoms with van der Waals surface area (Å²) in [4.78, 5) is 10.7. The van der Waals surface area contributed by atoms with Gasteiger partial charge in [-0.05, 0) is 19.3 Å². The summed E-state index contributed by atoms with van der Waals surface area (Å²) in [5.41, 5.74) is 5.84. The fourth-order valence-electron chi connectivity index (χ4n) is 1.92. The van der Waals surface area contributed by atoms with Crippen LogP contribution in [0.4, 0.5) is 4.79 Å². The summed E-state index contributed by atoms with van der Waals surface area (Å²) in [5, 5.41) is 2.58. The highest BCUT2D eigenvalue weighted by molar-refractivity contribution is 5.69. The minimum atomic E-state index is -0.352. The van der Waals surface area contributed by atoms with Crippen molar-refractivity contribution in [2.24, 2.45) is 5.73 Å². The highest BCUT2D eigenvalue weighted by atomic mass is 16.6. The van der Waals surface area contributed by atoms with Crippen LogP contribution in [0.1, 0.15) is 19.3 Å². The summed E-state index contributed by atoms with van der Waals surface area (Å²) in [5.74, 6) is 0. The third kappa shape index (κ3) is 2.16. The van der Waals surface area contributed by atoms with E-state index in [4.69, 9.17) is 15.2 Å². The molecule has 0 aromatic heterocycles. The first-order valence-electron chi connectivity index (χ1n) is 5.07. The van der Waals surface area contributed by atoms with Crippen molar-refractivity contribution in [1.29, 1.82) is 0 Å². The molecule has 2 aliphatic rings. The third-order valence-electron chi connectivity index (χ3n) is 2.75. The molecule has 1 saturated heterocycles. The molecule has 1 aliphatic heterocycles. The second kappa shape index (κ2) is 4.14. The Balaban J connectivity index is 1.69. The number of alkyl carbamates (subject to hydrolysis) is 1. The zero-order valence-electron chi connectivity index (χ0n) is 8.07. The van der Waals surface area contributed by atoms with Gasteiger partial charge in [0.2, 0.25) is 0 Å². The van der Waals surface area contributed by atoms with Gasteiger partial charge in [0.05, 0.1) is 19.3 Å². The van der Waals surface area contributed by atoms with Crippen LogP contribution in [0.25, 0.3) is 0 Å². The van der Waals surface area contributed by atoms with E-state index in [0.29, 0.717) is 13.2 Å². The van der Waals surface area contributed by atoms with E-state index in [1.165, 1.54) is 0 Å². The molecule has 80 valence electrons. The van der Waals surface area contributed by atoms with Crippen molar-refractivity contribution < 1.29 is 14.3 Å². The van der Waals surface area contributed by atoms with E-state index in [9.17, 15) is 4.79 Å². The average Bonchev–Trinajstić information content (AvgIpc) is 2.72. The third-order valence-corrected chi connectivity index (χ3v) is 2.75. The zero-order valence-corrected chi connectivity index (χ0v) is 8.07. The molecule has 2 fully saturated rings. The van der Waals surface area contributed by atoms with Crippen LogP contribution in [0, 0.1) is 0 Å². The molecule has 1 aliphatic carbocycles. The van der Waals surface area contributed by atoms with Crippen LogP contribution in [0.3, 0.4) is 0 Å². The van der Waals surface area contributed by atoms with Crippen molar-refractivity contribution in [2.45, 2.75) is 37.5 Å². The monoisotopic (exact) mass is 200 g/mol. The maximum absolute atomic E-state index is 10.7. The van der Waals surface area contributed by atoms with Gasteiger partial charge >= 0.3 is 6.09 Å². The van der Waals surface area contributed by atoms with Crippen LogP contribution in [0.15, 0.2) is 0 Å². The van der Waals surface area contributed by atoms with Gasteiger partial charge in [0.15, 0.2) is 0 Å². The molecule has 3 unspecified atom stereocenters. The lowest BCUT2D eigenvalue weighted by atomic mass is 10.2. The lowest BCUT2D eigenvalue weighted by Gasteiger charge is -2.17. The SMILES string of the molecule is NC1CCCC1OCC1CNC(=O)O1. The molecule has 3 atom stereocenters. The topological polar surface area (TPSA) is 73.6 Å². The molecule has 0 aromatic rings. The highest BCUT2D eigenvalue weighted by Gasteiger charge is 2.28. The molecular formula is C9H16N2O3. The van der Waals surface area contributed by atoms with Crippen LogP contribution in [-0.2, 0) is 9.47 Å². The van der Waals surface area contributed by atoms with Crippen LogP contribution in [0.2, 0.25) is 0 Å². The molecule has 1 heterocycles. The van der Waals surface area contributed by atoms with Crippen molar-refractivity contribution in [3.8, 4) is 0 Å². The van der Waals surface area contributed by atoms with E-state index in [0.717, 1.165) is 19.3 Å². The number of carbonyl (C=O) groups excluding carboxylic acids is 1. The molecule has 0 bridgehead atoms. The minimum absolute atomic E-state index is 0.143. The van der Waals surface area contributed by atoms with E-state index in [1.807, 2.05) is 0 Å². The smallest absolute Gasteiger partial charge is 0.407 e. The number of rotatable bonds is 3. The Hall–Kier alpha value is -0.810. The molecule has 3 N–H and O–H groups in total. The Labute approximate surface area is 82.9 Å². The van der Waals surface area contributed by atoms with Gasteiger partial charge in [-0.3, -0.25) is 0 Å². The lowest BCUT2D eigenvalue weighted by molar-refractivity contribution is -0.00306. The van der Waals surface area contributed by atoms with Crippen molar-refractivity contribution in [3.05, 3.63) is 0 Å². The summed E-state index contributed by atoms with van der Waals surface area (Å²) >= 11 is 0. The Morgan fingerprint density at radius 2 is 2.43 bits per heavy atom. The Morgan fingerprint density at radius 3 is 3.00 bits per heavy atom. The van der Waals surface area contributed by atoms with Gasteiger partial charge in [-0.15, -0.1) is 0 Å². The number of ether oxygens (including phenoxy) is 2. The predicted octanol–water partition coefficient (Wildman–Crippen LogP) is -0.00880. The normalized spacial score (nSPS) is 36.9. The zero-order chi connectivity index (χ0) is 9.97. The Kier molecular flexibility index (Phi) is 2.88. The number of cyclic esters (lactones) is 1. The van der Waals surface area contributed by atoms with Gasteiger partial charge in [-0.1, -0.05) is 0 Å². The van der Waals surface area contributed by atoms with Crippen molar-refractivity contribution in [3.63, 3.8) is 0 Å². The molecule has 0 radical (unpaired) electrons. The average molecular weight is 200 g/mol. The molecule has 5 nitrogen and oxygen atoms in total. The van der Waals surface area contributed by atoms with Crippen molar-refractivity contribution in [1.82, 2.24) is 5.32 Å². The molecule has 1 saturated carbocycles. The summed E-state index contributed by atoms with van der Waals surface area (Å²) in [6.45, 7) is 0.998. The lowest BCUT2D eigenvalue weighted by Crippen LogP contribution is -2.34. The van der Waals surface area contributed by atoms with Crippen LogP contribution < -0.4 is 11.1 Å². The predicted molar refractivity (Wildman–Crippen MR) is 49.8 cm³/mol. The fourth-order valence-corrected chi connectivity index (χ4v) is 1.92. The van der Waals surface area contributed by atoms with Crippen molar-refractivity contribution >= 4 is 6.09 Å². The van der Waals surface area contributed by atoms with E-state index in [1.54, 1.807) is 0 Å². The molecule has 2 rings (SSSR count). The van der Waals surface area contributed by atoms with Crippen LogP contribution >= 0.6 is 0 Å². The van der Waals surface area contributed by atoms with Gasteiger partial charge < -0.3 is 20.5 Å². The van der Waals surface area contributed by atoms with Gasteiger partial charge in [0.1, 0.15) is 6.10 Å². The van der Waals surface area contributed by atoms with Gasteiger partial charge in [-0.25, -0.2) is 4.79 Å². The number of hydrogen-bond donors (Lipinski definition) is 2. The molecule has 14 heavy (non-hydrogen) atoms. The quantitative estimate of drug-likeness (QED) is 0.672. The Bertz CT molecular complexity index is 222. The molecule has 5 heteroatoms. The second-order valence-corrected chi connectivity index (χ2v) is 3.87.